The van der Waals surface area contributed by atoms with E-state index in [9.17, 15) is 0 Å². The predicted octanol–water partition coefficient (Wildman–Crippen LogP) is 1.08. The summed E-state index contributed by atoms with van der Waals surface area (Å²) in [5.41, 5.74) is 0. The van der Waals surface area contributed by atoms with Crippen molar-refractivity contribution in [2.24, 2.45) is 0 Å². The van der Waals surface area contributed by atoms with E-state index in [0.29, 0.717) is 0 Å². The van der Waals surface area contributed by atoms with Crippen LogP contribution in [-0.4, -0.2) is 16.3 Å². The first-order valence-corrected chi connectivity index (χ1v) is 2.45. The van der Waals surface area contributed by atoms with E-state index in [1.54, 1.807) is 0 Å². The van der Waals surface area contributed by atoms with Gasteiger partial charge in [-0.2, -0.15) is 0 Å². The van der Waals surface area contributed by atoms with Gasteiger partial charge in [0.05, 0.1) is 0 Å². The molecule has 0 atom stereocenters. The van der Waals surface area contributed by atoms with Crippen LogP contribution in [0.2, 0.25) is 0 Å². The van der Waals surface area contributed by atoms with Crippen LogP contribution in [-0.2, 0) is 0 Å². The van der Waals surface area contributed by atoms with E-state index in [1.165, 1.54) is 0 Å². The summed E-state index contributed by atoms with van der Waals surface area (Å²) in [7, 11) is 0. The van der Waals surface area contributed by atoms with Gasteiger partial charge < -0.3 is 0 Å². The van der Waals surface area contributed by atoms with E-state index < -0.39 is 0 Å². The van der Waals surface area contributed by atoms with E-state index in [2.05, 4.69) is 29.3 Å². The molecule has 0 saturated carbocycles. The minimum absolute atomic E-state index is 1.14. The molecule has 0 fully saturated rings. The Morgan fingerprint density at radius 3 is 2.40 bits per heavy atom. The fraction of sp³-hybridized carbons (Fsp3) is 0.500. The normalized spacial score (nSPS) is 10.2. The topological polar surface area (TPSA) is 0 Å². The zero-order chi connectivity index (χ0) is 4.12. The molecule has 0 heterocycles. The van der Waals surface area contributed by atoms with Gasteiger partial charge in [-0.15, -0.1) is 0 Å². The van der Waals surface area contributed by atoms with Crippen molar-refractivity contribution in [1.82, 2.24) is 0 Å². The Bertz CT molecular complexity index is 30.6. The van der Waals surface area contributed by atoms with Crippen molar-refractivity contribution in [3.8, 4) is 0 Å². The summed E-state index contributed by atoms with van der Waals surface area (Å²) in [6.07, 6.45) is 3.23. The van der Waals surface area contributed by atoms with Gasteiger partial charge in [-0.05, 0) is 0 Å². The Balaban J connectivity index is 2.62. The molecular formula is C4H7Al+2. The molecule has 5 heavy (non-hydrogen) atoms. The predicted molar refractivity (Wildman–Crippen MR) is 25.2 cm³/mol. The monoisotopic (exact) mass is 82.0 g/mol. The van der Waals surface area contributed by atoms with Crippen molar-refractivity contribution < 1.29 is 0 Å². The molecule has 1 heteroatoms. The summed E-state index contributed by atoms with van der Waals surface area (Å²) in [5.74, 6) is 0. The van der Waals surface area contributed by atoms with Crippen LogP contribution in [0.4, 0.5) is 0 Å². The molecule has 24 valence electrons. The summed E-state index contributed by atoms with van der Waals surface area (Å²) in [6, 6.07) is 0. The Morgan fingerprint density at radius 1 is 1.80 bits per heavy atom. The van der Waals surface area contributed by atoms with Crippen LogP contribution in [0.5, 0.6) is 0 Å². The summed E-state index contributed by atoms with van der Waals surface area (Å²) >= 11 is 2.52. The Labute approximate surface area is 41.3 Å². The average molecular weight is 82.1 g/mol. The molecule has 0 N–H and O–H groups in total. The molecule has 0 aliphatic heterocycles. The first-order chi connectivity index (χ1) is 2.41. The third kappa shape index (κ3) is 4.27. The summed E-state index contributed by atoms with van der Waals surface area (Å²) in [6.45, 7) is 2.11. The second-order valence-electron chi connectivity index (χ2n) is 0.836. The zero-order valence-corrected chi connectivity index (χ0v) is 4.59. The van der Waals surface area contributed by atoms with Crippen LogP contribution in [0.25, 0.3) is 0 Å². The van der Waals surface area contributed by atoms with Gasteiger partial charge in [0.15, 0.2) is 0 Å². The van der Waals surface area contributed by atoms with Crippen LogP contribution >= 0.6 is 0 Å². The van der Waals surface area contributed by atoms with Crippen LogP contribution in [0.15, 0.2) is 11.0 Å². The Hall–Kier alpha value is 0.272. The SMILES string of the molecule is CC/C=[CH]/[Al+2]. The second kappa shape index (κ2) is 4.27. The Kier molecular flexibility index (Phi) is 4.51. The molecule has 0 bridgehead atoms. The van der Waals surface area contributed by atoms with Gasteiger partial charge >= 0.3 is 40.6 Å². The summed E-state index contributed by atoms with van der Waals surface area (Å²) in [4.78, 5) is 1.97. The molecule has 0 nitrogen and oxygen atoms in total. The molecule has 0 amide bonds. The van der Waals surface area contributed by atoms with Gasteiger partial charge in [0.2, 0.25) is 0 Å². The van der Waals surface area contributed by atoms with E-state index >= 15 is 0 Å². The van der Waals surface area contributed by atoms with Crippen molar-refractivity contribution in [2.45, 2.75) is 13.3 Å². The van der Waals surface area contributed by atoms with Crippen LogP contribution in [0.3, 0.4) is 0 Å². The van der Waals surface area contributed by atoms with Crippen LogP contribution in [0, 0.1) is 0 Å². The number of hydrogen-bond donors (Lipinski definition) is 0. The molecule has 0 saturated heterocycles. The summed E-state index contributed by atoms with van der Waals surface area (Å²) in [5, 5.41) is 0. The third-order valence-electron chi connectivity index (χ3n) is 0.372. The van der Waals surface area contributed by atoms with Crippen molar-refractivity contribution in [2.75, 3.05) is 0 Å². The van der Waals surface area contributed by atoms with Crippen molar-refractivity contribution in [1.29, 1.82) is 0 Å². The quantitative estimate of drug-likeness (QED) is 0.415. The number of rotatable bonds is 1. The molecule has 0 radical (unpaired) electrons. The van der Waals surface area contributed by atoms with Crippen LogP contribution < -0.4 is 0 Å². The molecule has 0 aromatic carbocycles. The molecule has 0 spiro atoms. The molecule has 0 aliphatic rings. The maximum atomic E-state index is 2.52. The maximum absolute atomic E-state index is 2.52. The summed E-state index contributed by atoms with van der Waals surface area (Å²) < 4.78 is 0. The van der Waals surface area contributed by atoms with Gasteiger partial charge in [-0.1, -0.05) is 0 Å². The van der Waals surface area contributed by atoms with Gasteiger partial charge in [0, 0.05) is 0 Å². The second-order valence-corrected chi connectivity index (χ2v) is 1.22. The fourth-order valence-corrected chi connectivity index (χ4v) is 0.408. The van der Waals surface area contributed by atoms with Gasteiger partial charge in [0.25, 0.3) is 0 Å². The van der Waals surface area contributed by atoms with Crippen LogP contribution in [0.1, 0.15) is 13.3 Å². The number of allylic oxidation sites excluding steroid dienone is 1. The van der Waals surface area contributed by atoms with Crippen molar-refractivity contribution >= 4 is 16.3 Å². The van der Waals surface area contributed by atoms with E-state index in [1.807, 2.05) is 4.94 Å². The molecule has 0 aliphatic carbocycles. The van der Waals surface area contributed by atoms with Gasteiger partial charge in [-0.25, -0.2) is 0 Å². The first-order valence-electron chi connectivity index (χ1n) is 1.78. The van der Waals surface area contributed by atoms with Gasteiger partial charge in [-0.3, -0.25) is 0 Å². The molecule has 0 rings (SSSR count). The standard InChI is InChI=1S/C4H7.Al/c1-3-4-2;/h1,3H,4H2,2H3;/q;+2. The van der Waals surface area contributed by atoms with E-state index in [4.69, 9.17) is 0 Å². The van der Waals surface area contributed by atoms with E-state index in [0.717, 1.165) is 6.42 Å². The minimum atomic E-state index is 1.14. The molecule has 0 unspecified atom stereocenters. The van der Waals surface area contributed by atoms with E-state index in [-0.39, 0.29) is 0 Å². The van der Waals surface area contributed by atoms with Crippen molar-refractivity contribution in [3.05, 3.63) is 11.0 Å². The average Bonchev–Trinajstić information content (AvgIpc) is 1.41. The molecule has 0 aromatic rings. The number of hydrogen-bond acceptors (Lipinski definition) is 0. The molecular weight excluding hydrogens is 75.0 g/mol. The Morgan fingerprint density at radius 2 is 2.40 bits per heavy atom. The zero-order valence-electron chi connectivity index (χ0n) is 3.44. The fourth-order valence-electron chi connectivity index (χ4n) is 0.136. The van der Waals surface area contributed by atoms with Crippen molar-refractivity contribution in [3.63, 3.8) is 0 Å². The third-order valence-corrected chi connectivity index (χ3v) is 0.644. The van der Waals surface area contributed by atoms with Gasteiger partial charge in [0.1, 0.15) is 0 Å². The molecule has 0 aromatic heterocycles. The first kappa shape index (κ1) is 5.27.